The molecule has 1 aromatic heterocycles. The van der Waals surface area contributed by atoms with Crippen LogP contribution in [0, 0.1) is 6.92 Å². The van der Waals surface area contributed by atoms with Crippen LogP contribution in [0.3, 0.4) is 0 Å². The van der Waals surface area contributed by atoms with E-state index in [2.05, 4.69) is 5.10 Å². The number of carbonyl (C=O) groups is 1. The SMILES string of the molecule is Cc1nn(C)c(C(=O)OCc2ccccc2)c1N. The van der Waals surface area contributed by atoms with Crippen LogP contribution in [0.5, 0.6) is 0 Å². The van der Waals surface area contributed by atoms with Crippen LogP contribution >= 0.6 is 0 Å². The highest BCUT2D eigenvalue weighted by Crippen LogP contribution is 2.16. The van der Waals surface area contributed by atoms with Gasteiger partial charge in [0.2, 0.25) is 0 Å². The molecule has 0 amide bonds. The first kappa shape index (κ1) is 12.2. The number of hydrogen-bond donors (Lipinski definition) is 1. The van der Waals surface area contributed by atoms with E-state index in [0.717, 1.165) is 5.56 Å². The number of nitrogens with two attached hydrogens (primary N) is 1. The minimum Gasteiger partial charge on any atom is -0.456 e. The Morgan fingerprint density at radius 2 is 2.06 bits per heavy atom. The molecule has 94 valence electrons. The highest BCUT2D eigenvalue weighted by Gasteiger charge is 2.19. The summed E-state index contributed by atoms with van der Waals surface area (Å²) in [6.07, 6.45) is 0. The third-order valence-electron chi connectivity index (χ3n) is 2.67. The fraction of sp³-hybridized carbons (Fsp3) is 0.231. The molecule has 0 saturated carbocycles. The van der Waals surface area contributed by atoms with Crippen molar-refractivity contribution >= 4 is 11.7 Å². The van der Waals surface area contributed by atoms with Gasteiger partial charge in [0.25, 0.3) is 0 Å². The lowest BCUT2D eigenvalue weighted by atomic mass is 10.2. The van der Waals surface area contributed by atoms with E-state index in [1.165, 1.54) is 4.68 Å². The standard InChI is InChI=1S/C13H15N3O2/c1-9-11(14)12(16(2)15-9)13(17)18-8-10-6-4-3-5-7-10/h3-7H,8,14H2,1-2H3. The van der Waals surface area contributed by atoms with E-state index in [-0.39, 0.29) is 6.61 Å². The zero-order chi connectivity index (χ0) is 13.1. The number of aromatic nitrogens is 2. The van der Waals surface area contributed by atoms with Crippen LogP contribution < -0.4 is 5.73 Å². The molecule has 0 saturated heterocycles. The van der Waals surface area contributed by atoms with E-state index in [9.17, 15) is 4.79 Å². The van der Waals surface area contributed by atoms with E-state index < -0.39 is 5.97 Å². The third-order valence-corrected chi connectivity index (χ3v) is 2.67. The van der Waals surface area contributed by atoms with Crippen LogP contribution in [-0.2, 0) is 18.4 Å². The van der Waals surface area contributed by atoms with E-state index in [1.54, 1.807) is 14.0 Å². The van der Waals surface area contributed by atoms with Crippen molar-refractivity contribution < 1.29 is 9.53 Å². The molecule has 2 rings (SSSR count). The van der Waals surface area contributed by atoms with Crippen molar-refractivity contribution in [2.75, 3.05) is 5.73 Å². The zero-order valence-electron chi connectivity index (χ0n) is 10.4. The normalized spacial score (nSPS) is 10.3. The number of nitrogen functional groups attached to an aromatic ring is 1. The number of rotatable bonds is 3. The number of benzene rings is 1. The molecule has 1 heterocycles. The summed E-state index contributed by atoms with van der Waals surface area (Å²) in [5, 5.41) is 4.08. The molecule has 0 fully saturated rings. The van der Waals surface area contributed by atoms with Gasteiger partial charge >= 0.3 is 5.97 Å². The summed E-state index contributed by atoms with van der Waals surface area (Å²) in [4.78, 5) is 11.9. The van der Waals surface area contributed by atoms with Gasteiger partial charge in [-0.3, -0.25) is 4.68 Å². The molecule has 0 atom stereocenters. The van der Waals surface area contributed by atoms with Crippen LogP contribution in [0.4, 0.5) is 5.69 Å². The molecule has 0 aliphatic heterocycles. The van der Waals surface area contributed by atoms with E-state index >= 15 is 0 Å². The molecule has 2 aromatic rings. The van der Waals surface area contributed by atoms with Gasteiger partial charge in [0.15, 0.2) is 5.69 Å². The Kier molecular flexibility index (Phi) is 3.32. The molecule has 5 heteroatoms. The maximum atomic E-state index is 11.9. The van der Waals surface area contributed by atoms with Crippen molar-refractivity contribution in [1.29, 1.82) is 0 Å². The monoisotopic (exact) mass is 245 g/mol. The summed E-state index contributed by atoms with van der Waals surface area (Å²) in [7, 11) is 1.67. The summed E-state index contributed by atoms with van der Waals surface area (Å²) >= 11 is 0. The van der Waals surface area contributed by atoms with Crippen molar-refractivity contribution in [2.24, 2.45) is 7.05 Å². The fourth-order valence-electron chi connectivity index (χ4n) is 1.71. The topological polar surface area (TPSA) is 70.1 Å². The van der Waals surface area contributed by atoms with Gasteiger partial charge in [-0.05, 0) is 12.5 Å². The molecule has 0 bridgehead atoms. The van der Waals surface area contributed by atoms with Gasteiger partial charge in [-0.15, -0.1) is 0 Å². The quantitative estimate of drug-likeness (QED) is 0.835. The second kappa shape index (κ2) is 4.91. The Hall–Kier alpha value is -2.30. The first-order chi connectivity index (χ1) is 8.59. The van der Waals surface area contributed by atoms with Crippen LogP contribution in [-0.4, -0.2) is 15.7 Å². The van der Waals surface area contributed by atoms with Crippen LogP contribution in [0.25, 0.3) is 0 Å². The Bertz CT molecular complexity index is 561. The minimum atomic E-state index is -0.459. The largest absolute Gasteiger partial charge is 0.456 e. The number of hydrogen-bond acceptors (Lipinski definition) is 4. The second-order valence-corrected chi connectivity index (χ2v) is 4.03. The number of carbonyl (C=O) groups excluding carboxylic acids is 1. The van der Waals surface area contributed by atoms with Gasteiger partial charge < -0.3 is 10.5 Å². The van der Waals surface area contributed by atoms with Crippen molar-refractivity contribution in [3.05, 3.63) is 47.3 Å². The van der Waals surface area contributed by atoms with E-state index in [1.807, 2.05) is 30.3 Å². The summed E-state index contributed by atoms with van der Waals surface area (Å²) in [5.74, 6) is -0.459. The molecule has 0 radical (unpaired) electrons. The zero-order valence-corrected chi connectivity index (χ0v) is 10.4. The molecular formula is C13H15N3O2. The van der Waals surface area contributed by atoms with Gasteiger partial charge in [0.1, 0.15) is 6.61 Å². The Morgan fingerprint density at radius 3 is 2.61 bits per heavy atom. The molecule has 0 aliphatic rings. The Labute approximate surface area is 105 Å². The van der Waals surface area contributed by atoms with Gasteiger partial charge in [-0.25, -0.2) is 4.79 Å². The predicted octanol–water partition coefficient (Wildman–Crippen LogP) is 1.67. The average Bonchev–Trinajstić information content (AvgIpc) is 2.62. The number of aryl methyl sites for hydroxylation is 2. The highest BCUT2D eigenvalue weighted by molar-refractivity contribution is 5.93. The van der Waals surface area contributed by atoms with E-state index in [4.69, 9.17) is 10.5 Å². The van der Waals surface area contributed by atoms with Crippen LogP contribution in [0.1, 0.15) is 21.7 Å². The number of anilines is 1. The first-order valence-electron chi connectivity index (χ1n) is 5.59. The van der Waals surface area contributed by atoms with Crippen molar-refractivity contribution in [1.82, 2.24) is 9.78 Å². The summed E-state index contributed by atoms with van der Waals surface area (Å²) < 4.78 is 6.65. The predicted molar refractivity (Wildman–Crippen MR) is 67.9 cm³/mol. The summed E-state index contributed by atoms with van der Waals surface area (Å²) in [5.41, 5.74) is 8.02. The molecular weight excluding hydrogens is 230 g/mol. The first-order valence-corrected chi connectivity index (χ1v) is 5.59. The lowest BCUT2D eigenvalue weighted by Gasteiger charge is -2.05. The smallest absolute Gasteiger partial charge is 0.359 e. The van der Waals surface area contributed by atoms with Gasteiger partial charge in [-0.1, -0.05) is 30.3 Å². The van der Waals surface area contributed by atoms with Gasteiger partial charge in [0, 0.05) is 7.05 Å². The summed E-state index contributed by atoms with van der Waals surface area (Å²) in [6.45, 7) is 1.98. The molecule has 5 nitrogen and oxygen atoms in total. The van der Waals surface area contributed by atoms with Crippen LogP contribution in [0.15, 0.2) is 30.3 Å². The maximum Gasteiger partial charge on any atom is 0.359 e. The lowest BCUT2D eigenvalue weighted by molar-refractivity contribution is 0.0461. The molecule has 1 aromatic carbocycles. The van der Waals surface area contributed by atoms with Crippen molar-refractivity contribution in [2.45, 2.75) is 13.5 Å². The van der Waals surface area contributed by atoms with Crippen molar-refractivity contribution in [3.8, 4) is 0 Å². The lowest BCUT2D eigenvalue weighted by Crippen LogP contribution is -2.12. The van der Waals surface area contributed by atoms with Crippen LogP contribution in [0.2, 0.25) is 0 Å². The number of ether oxygens (including phenoxy) is 1. The average molecular weight is 245 g/mol. The summed E-state index contributed by atoms with van der Waals surface area (Å²) in [6, 6.07) is 9.49. The maximum absolute atomic E-state index is 11.9. The minimum absolute atomic E-state index is 0.226. The molecule has 2 N–H and O–H groups in total. The highest BCUT2D eigenvalue weighted by atomic mass is 16.5. The molecule has 0 unspecified atom stereocenters. The second-order valence-electron chi connectivity index (χ2n) is 4.03. The molecule has 0 aliphatic carbocycles. The van der Waals surface area contributed by atoms with Crippen molar-refractivity contribution in [3.63, 3.8) is 0 Å². The third kappa shape index (κ3) is 2.34. The number of nitrogens with zero attached hydrogens (tertiary/aromatic N) is 2. The Morgan fingerprint density at radius 1 is 1.39 bits per heavy atom. The molecule has 0 spiro atoms. The Balaban J connectivity index is 2.09. The van der Waals surface area contributed by atoms with Gasteiger partial charge in [-0.2, -0.15) is 5.10 Å². The fourth-order valence-corrected chi connectivity index (χ4v) is 1.71. The number of esters is 1. The van der Waals surface area contributed by atoms with Gasteiger partial charge in [0.05, 0.1) is 11.4 Å². The molecule has 18 heavy (non-hydrogen) atoms. The van der Waals surface area contributed by atoms with E-state index in [0.29, 0.717) is 17.1 Å².